The highest BCUT2D eigenvalue weighted by molar-refractivity contribution is 7.97. The molecule has 0 atom stereocenters. The highest BCUT2D eigenvalue weighted by Gasteiger charge is 2.27. The molecule has 13 heavy (non-hydrogen) atoms. The van der Waals surface area contributed by atoms with E-state index >= 15 is 0 Å². The fourth-order valence-corrected chi connectivity index (χ4v) is 92.0. The normalized spacial score (nSPS) is 12.5. The van der Waals surface area contributed by atoms with Crippen molar-refractivity contribution in [1.82, 2.24) is 0 Å². The Bertz CT molecular complexity index is 121. The summed E-state index contributed by atoms with van der Waals surface area (Å²) in [5.74, 6) is 0. The Morgan fingerprint density at radius 3 is 2.00 bits per heavy atom. The topological polar surface area (TPSA) is 0 Å². The van der Waals surface area contributed by atoms with Crippen LogP contribution in [0.15, 0.2) is 0 Å². The van der Waals surface area contributed by atoms with E-state index in [4.69, 9.17) is 0 Å². The molecule has 0 saturated heterocycles. The maximum atomic E-state index is 4.15. The van der Waals surface area contributed by atoms with Crippen molar-refractivity contribution in [2.24, 2.45) is 0 Å². The Kier molecular flexibility index (Phi) is 9.73. The van der Waals surface area contributed by atoms with Crippen LogP contribution in [0.3, 0.4) is 0 Å². The van der Waals surface area contributed by atoms with Gasteiger partial charge in [0.05, 0.1) is 0 Å². The van der Waals surface area contributed by atoms with Gasteiger partial charge in [-0.25, -0.2) is 0 Å². The van der Waals surface area contributed by atoms with Gasteiger partial charge in [0.1, 0.15) is 0 Å². The summed E-state index contributed by atoms with van der Waals surface area (Å²) in [4.78, 5) is 0. The van der Waals surface area contributed by atoms with Crippen molar-refractivity contribution < 1.29 is 0 Å². The van der Waals surface area contributed by atoms with Gasteiger partial charge in [-0.05, 0) is 0 Å². The van der Waals surface area contributed by atoms with Crippen LogP contribution in [0.4, 0.5) is 0 Å². The first kappa shape index (κ1) is 15.2. The molecule has 0 aliphatic heterocycles. The zero-order chi connectivity index (χ0) is 10.3. The molecule has 61 valence electrons. The minimum absolute atomic E-state index is 0.0584. The molecule has 10 heteroatoms. The predicted octanol–water partition coefficient (Wildman–Crippen LogP) is -2.06. The molecule has 0 amide bonds. The summed E-state index contributed by atoms with van der Waals surface area (Å²) in [6.45, 7) is 7.22. The molecule has 19 radical (unpaired) electrons. The van der Waals surface area contributed by atoms with Crippen LogP contribution in [0.5, 0.6) is 0 Å². The second kappa shape index (κ2) is 8.34. The van der Waals surface area contributed by atoms with Crippen molar-refractivity contribution >= 4 is 85.8 Å². The van der Waals surface area contributed by atoms with Gasteiger partial charge in [0.2, 0.25) is 0 Å². The quantitative estimate of drug-likeness (QED) is 0.473. The van der Waals surface area contributed by atoms with E-state index in [-0.39, 0.29) is 7.35 Å². The fourth-order valence-electron chi connectivity index (χ4n) is 0.656. The molecule has 0 aromatic carbocycles. The van der Waals surface area contributed by atoms with Crippen molar-refractivity contribution in [2.75, 3.05) is 0 Å². The number of rotatable bonds is 7. The molecule has 0 aliphatic carbocycles. The van der Waals surface area contributed by atoms with Gasteiger partial charge < -0.3 is 0 Å². The summed E-state index contributed by atoms with van der Waals surface area (Å²) in [5.41, 5.74) is 0. The Balaban J connectivity index is 4.02. The first-order valence-electron chi connectivity index (χ1n) is 3.75. The lowest BCUT2D eigenvalue weighted by Crippen LogP contribution is -2.62. The standard InChI is InChI=1S/C3H9Si10/c1-6-12(10-9-4)11-13(5,7-2)8-3/h1-3H3. The lowest BCUT2D eigenvalue weighted by molar-refractivity contribution is 2.33. The van der Waals surface area contributed by atoms with Crippen molar-refractivity contribution in [3.05, 3.63) is 0 Å². The molecule has 0 unspecified atom stereocenters. The molecule has 0 aromatic rings. The SMILES string of the molecule is C[Si][Si]([Si][Si][Si])[Si][Si]([Si])([Si]C)[Si]C. The zero-order valence-electron chi connectivity index (χ0n) is 8.00. The molecule has 0 nitrogen and oxygen atoms in total. The summed E-state index contributed by atoms with van der Waals surface area (Å²) < 4.78 is 0. The van der Waals surface area contributed by atoms with E-state index in [9.17, 15) is 0 Å². The first-order valence-corrected chi connectivity index (χ1v) is 24.8. The van der Waals surface area contributed by atoms with Crippen LogP contribution in [0.1, 0.15) is 0 Å². The third-order valence-electron chi connectivity index (χ3n) is 1.50. The Morgan fingerprint density at radius 2 is 1.69 bits per heavy atom. The molecule has 0 rings (SSSR count). The van der Waals surface area contributed by atoms with Gasteiger partial charge in [-0.2, -0.15) is 0 Å². The Morgan fingerprint density at radius 1 is 1.15 bits per heavy atom. The van der Waals surface area contributed by atoms with Crippen LogP contribution in [0, 0.1) is 0 Å². The van der Waals surface area contributed by atoms with Crippen LogP contribution >= 0.6 is 0 Å². The van der Waals surface area contributed by atoms with E-state index < -0.39 is 6.14 Å². The highest BCUT2D eigenvalue weighted by Crippen LogP contribution is 1.93. The molecule has 0 aromatic heterocycles. The molecule has 0 heterocycles. The van der Waals surface area contributed by atoms with Gasteiger partial charge in [-0.3, -0.25) is 0 Å². The minimum Gasteiger partial charge on any atom is -0.0761 e. The van der Waals surface area contributed by atoms with E-state index in [1.165, 1.54) is 44.2 Å². The van der Waals surface area contributed by atoms with Crippen LogP contribution in [-0.4, -0.2) is 85.8 Å². The summed E-state index contributed by atoms with van der Waals surface area (Å²) in [6, 6.07) is 0. The molecule has 0 aliphatic rings. The van der Waals surface area contributed by atoms with E-state index in [1.807, 2.05) is 0 Å². The number of hydrogen-bond donors (Lipinski definition) is 0. The van der Waals surface area contributed by atoms with Crippen LogP contribution in [0.2, 0.25) is 19.6 Å². The molecule has 0 spiro atoms. The molecule has 0 saturated carbocycles. The van der Waals surface area contributed by atoms with Crippen molar-refractivity contribution in [3.63, 3.8) is 0 Å². The van der Waals surface area contributed by atoms with E-state index in [1.54, 1.807) is 0 Å². The second-order valence-corrected chi connectivity index (χ2v) is 47.2. The van der Waals surface area contributed by atoms with Gasteiger partial charge >= 0.3 is 0 Å². The van der Waals surface area contributed by atoms with Gasteiger partial charge in [-0.1, -0.05) is 19.6 Å². The highest BCUT2D eigenvalue weighted by atomic mass is 30.3. The average molecular weight is 326 g/mol. The van der Waals surface area contributed by atoms with Crippen LogP contribution in [0.25, 0.3) is 0 Å². The van der Waals surface area contributed by atoms with Crippen LogP contribution < -0.4 is 0 Å². The lowest BCUT2D eigenvalue weighted by atomic mass is 11.9. The fraction of sp³-hybridized carbons (Fsp3) is 1.00. The molecule has 0 N–H and O–H groups in total. The monoisotopic (exact) mass is 325 g/mol. The van der Waals surface area contributed by atoms with Crippen molar-refractivity contribution in [1.29, 1.82) is 0 Å². The Labute approximate surface area is 105 Å². The maximum absolute atomic E-state index is 4.15. The predicted molar refractivity (Wildman–Crippen MR) is 75.1 cm³/mol. The van der Waals surface area contributed by atoms with Crippen LogP contribution in [-0.2, 0) is 0 Å². The van der Waals surface area contributed by atoms with Gasteiger partial charge in [-0.15, -0.1) is 0 Å². The molecule has 0 fully saturated rings. The van der Waals surface area contributed by atoms with E-state index in [0.717, 1.165) is 8.55 Å². The maximum Gasteiger partial charge on any atom is 0.0148 e. The molecular formula is C3H9Si10. The lowest BCUT2D eigenvalue weighted by Gasteiger charge is -2.26. The van der Waals surface area contributed by atoms with Gasteiger partial charge in [0, 0.05) is 85.8 Å². The van der Waals surface area contributed by atoms with Gasteiger partial charge in [0.25, 0.3) is 0 Å². The Hall–Kier alpha value is 2.17. The summed E-state index contributed by atoms with van der Waals surface area (Å²) in [7, 11) is 15.2. The van der Waals surface area contributed by atoms with E-state index in [2.05, 4.69) is 39.2 Å². The zero-order valence-corrected chi connectivity index (χ0v) is 18.0. The van der Waals surface area contributed by atoms with Gasteiger partial charge in [0.15, 0.2) is 0 Å². The summed E-state index contributed by atoms with van der Waals surface area (Å²) in [6.07, 6.45) is -0.888. The largest absolute Gasteiger partial charge is 0.0761 e. The minimum atomic E-state index is -0.888. The third kappa shape index (κ3) is 6.36. The molecule has 0 bridgehead atoms. The summed E-state index contributed by atoms with van der Waals surface area (Å²) in [5, 5.41) is 0. The number of hydrogen-bond acceptors (Lipinski definition) is 0. The van der Waals surface area contributed by atoms with Crippen molar-refractivity contribution in [3.8, 4) is 0 Å². The average Bonchev–Trinajstić information content (AvgIpc) is 2.17. The molecular weight excluding hydrogens is 317 g/mol. The second-order valence-electron chi connectivity index (χ2n) is 2.25. The van der Waals surface area contributed by atoms with Crippen molar-refractivity contribution in [2.45, 2.75) is 19.6 Å². The third-order valence-corrected chi connectivity index (χ3v) is 67.5. The first-order chi connectivity index (χ1) is 6.11. The smallest absolute Gasteiger partial charge is 0.0148 e. The van der Waals surface area contributed by atoms with E-state index in [0.29, 0.717) is 0 Å². The summed E-state index contributed by atoms with van der Waals surface area (Å²) >= 11 is 0.